The standard InChI is InChI=1S/C76H70O12/c1-3-69(77)85-47-19-7-5-17-45-83-67-41-33-57(34-42-67)73(79)87-71(75(81,63-37-29-53-21-9-13-25-59(53)49-63)64-38-30-54-22-10-14-26-60(54)50-64)72(88-74(80)58-35-43-68(44-36-58)84-46-18-6-8-20-48-86-70(78)4-2)76(82,65-39-31-55-23-11-15-27-61(55)51-65)66-40-32-56-24-12-16-28-62(56)52-66/h3-4,9-16,21-44,49-52,71-72,81-82H,1-2,5-8,17-20,45-48H2/t71-,72-/m1/s1. The Labute approximate surface area is 512 Å². The minimum atomic E-state index is -2.43. The largest absolute Gasteiger partial charge is 0.494 e. The molecule has 0 aromatic heterocycles. The molecule has 12 heteroatoms. The van der Waals surface area contributed by atoms with Crippen molar-refractivity contribution in [2.45, 2.75) is 74.8 Å². The number of rotatable bonds is 29. The van der Waals surface area contributed by atoms with Gasteiger partial charge in [0.2, 0.25) is 0 Å². The van der Waals surface area contributed by atoms with E-state index < -0.39 is 47.3 Å². The van der Waals surface area contributed by atoms with E-state index in [0.717, 1.165) is 93.8 Å². The SMILES string of the molecule is C=CC(=O)OCCCCCCOc1ccc(C(=O)O[C@H]([C@@H](OC(=O)c2ccc(OCCCCCCOC(=O)C=C)cc2)C(O)(c2ccc3ccccc3c2)c2ccc3ccccc3c2)C(O)(c2ccc3ccccc3c2)c2ccc3ccccc3c2)cc1. The molecule has 10 rings (SSSR count). The zero-order chi connectivity index (χ0) is 61.3. The maximum absolute atomic E-state index is 15.5. The molecule has 0 unspecified atom stereocenters. The number of unbranched alkanes of at least 4 members (excludes halogenated alkanes) is 6. The van der Waals surface area contributed by atoms with Crippen molar-refractivity contribution in [3.05, 3.63) is 277 Å². The fraction of sp³-hybridized carbons (Fsp3) is 0.211. The molecule has 2 atom stereocenters. The van der Waals surface area contributed by atoms with Crippen molar-refractivity contribution in [2.75, 3.05) is 26.4 Å². The van der Waals surface area contributed by atoms with E-state index in [1.54, 1.807) is 72.8 Å². The molecule has 0 spiro atoms. The summed E-state index contributed by atoms with van der Waals surface area (Å²) in [5, 5.41) is 36.0. The lowest BCUT2D eigenvalue weighted by atomic mass is 9.71. The Hall–Kier alpha value is -9.88. The number of benzene rings is 10. The van der Waals surface area contributed by atoms with Gasteiger partial charge in [0.25, 0.3) is 0 Å². The van der Waals surface area contributed by atoms with Crippen LogP contribution in [0.5, 0.6) is 11.5 Å². The molecule has 0 saturated carbocycles. The third-order valence-corrected chi connectivity index (χ3v) is 15.9. The van der Waals surface area contributed by atoms with Crippen LogP contribution in [-0.4, -0.2) is 72.7 Å². The van der Waals surface area contributed by atoms with E-state index in [9.17, 15) is 19.8 Å². The first-order chi connectivity index (χ1) is 42.9. The second-order valence-electron chi connectivity index (χ2n) is 21.7. The van der Waals surface area contributed by atoms with E-state index in [2.05, 4.69) is 13.2 Å². The summed E-state index contributed by atoms with van der Waals surface area (Å²) in [5.74, 6) is -1.68. The topological polar surface area (TPSA) is 164 Å². The number of hydrogen-bond donors (Lipinski definition) is 2. The highest BCUT2D eigenvalue weighted by atomic mass is 16.6. The van der Waals surface area contributed by atoms with E-state index in [-0.39, 0.29) is 33.4 Å². The normalized spacial score (nSPS) is 12.2. The monoisotopic (exact) mass is 1170 g/mol. The molecule has 0 fully saturated rings. The molecule has 0 aliphatic rings. The molecule has 0 amide bonds. The van der Waals surface area contributed by atoms with E-state index >= 15 is 9.59 Å². The number of fused-ring (bicyclic) bond motifs is 4. The van der Waals surface area contributed by atoms with E-state index in [1.807, 2.05) is 146 Å². The highest BCUT2D eigenvalue weighted by molar-refractivity contribution is 5.92. The Morgan fingerprint density at radius 2 is 0.625 bits per heavy atom. The molecule has 0 saturated heterocycles. The van der Waals surface area contributed by atoms with Crippen LogP contribution in [0.15, 0.2) is 244 Å². The third kappa shape index (κ3) is 14.5. The molecule has 0 aliphatic carbocycles. The number of carbonyl (C=O) groups excluding carboxylic acids is 4. The van der Waals surface area contributed by atoms with Crippen LogP contribution in [0.3, 0.4) is 0 Å². The second kappa shape index (κ2) is 29.0. The molecule has 10 aromatic rings. The number of ether oxygens (including phenoxy) is 6. The summed E-state index contributed by atoms with van der Waals surface area (Å²) in [7, 11) is 0. The molecule has 88 heavy (non-hydrogen) atoms. The van der Waals surface area contributed by atoms with Crippen LogP contribution in [0.1, 0.15) is 94.3 Å². The number of esters is 4. The Bertz CT molecular complexity index is 3650. The number of aliphatic hydroxyl groups is 2. The first-order valence-corrected chi connectivity index (χ1v) is 29.8. The average Bonchev–Trinajstić information content (AvgIpc) is 0.778. The molecular weight excluding hydrogens is 1100 g/mol. The van der Waals surface area contributed by atoms with Gasteiger partial charge in [-0.25, -0.2) is 19.2 Å². The minimum absolute atomic E-state index is 0.0837. The summed E-state index contributed by atoms with van der Waals surface area (Å²) in [6.07, 6.45) is 4.59. The number of carbonyl (C=O) groups is 4. The fourth-order valence-corrected chi connectivity index (χ4v) is 11.1. The van der Waals surface area contributed by atoms with Gasteiger partial charge in [-0.2, -0.15) is 0 Å². The Kier molecular flexibility index (Phi) is 20.2. The van der Waals surface area contributed by atoms with Gasteiger partial charge >= 0.3 is 23.9 Å². The van der Waals surface area contributed by atoms with Crippen LogP contribution < -0.4 is 9.47 Å². The van der Waals surface area contributed by atoms with Gasteiger partial charge in [-0.05, 0) is 190 Å². The molecule has 0 bridgehead atoms. The maximum Gasteiger partial charge on any atom is 0.338 e. The highest BCUT2D eigenvalue weighted by Crippen LogP contribution is 2.47. The van der Waals surface area contributed by atoms with Crippen molar-refractivity contribution >= 4 is 67.0 Å². The summed E-state index contributed by atoms with van der Waals surface area (Å²) < 4.78 is 36.3. The van der Waals surface area contributed by atoms with Crippen molar-refractivity contribution in [3.8, 4) is 11.5 Å². The highest BCUT2D eigenvalue weighted by Gasteiger charge is 2.58. The molecule has 0 aliphatic heterocycles. The van der Waals surface area contributed by atoms with E-state index in [4.69, 9.17) is 28.4 Å². The lowest BCUT2D eigenvalue weighted by molar-refractivity contribution is -0.171. The van der Waals surface area contributed by atoms with E-state index in [1.165, 1.54) is 0 Å². The smallest absolute Gasteiger partial charge is 0.338 e. The third-order valence-electron chi connectivity index (χ3n) is 15.9. The van der Waals surface area contributed by atoms with Crippen molar-refractivity contribution in [1.29, 1.82) is 0 Å². The lowest BCUT2D eigenvalue weighted by Gasteiger charge is -2.46. The first kappa shape index (κ1) is 61.2. The Morgan fingerprint density at radius 3 is 0.909 bits per heavy atom. The summed E-state index contributed by atoms with van der Waals surface area (Å²) in [6.45, 7) is 8.28. The van der Waals surface area contributed by atoms with Gasteiger partial charge in [0.15, 0.2) is 23.4 Å². The van der Waals surface area contributed by atoms with Crippen molar-refractivity contribution in [1.82, 2.24) is 0 Å². The molecule has 446 valence electrons. The van der Waals surface area contributed by atoms with Crippen LogP contribution in [0, 0.1) is 0 Å². The molecule has 0 radical (unpaired) electrons. The molecule has 10 aromatic carbocycles. The first-order valence-electron chi connectivity index (χ1n) is 29.8. The van der Waals surface area contributed by atoms with Crippen LogP contribution in [-0.2, 0) is 39.7 Å². The fourth-order valence-electron chi connectivity index (χ4n) is 11.1. The minimum Gasteiger partial charge on any atom is -0.494 e. The van der Waals surface area contributed by atoms with Gasteiger partial charge in [-0.3, -0.25) is 0 Å². The van der Waals surface area contributed by atoms with Crippen LogP contribution >= 0.6 is 0 Å². The second-order valence-corrected chi connectivity index (χ2v) is 21.7. The summed E-state index contributed by atoms with van der Waals surface area (Å²) in [5.41, 5.74) is -3.59. The number of hydrogen-bond acceptors (Lipinski definition) is 12. The molecule has 12 nitrogen and oxygen atoms in total. The molecule has 0 heterocycles. The summed E-state index contributed by atoms with van der Waals surface area (Å²) >= 11 is 0. The van der Waals surface area contributed by atoms with Crippen LogP contribution in [0.2, 0.25) is 0 Å². The molecular formula is C76H70O12. The Morgan fingerprint density at radius 1 is 0.352 bits per heavy atom. The summed E-state index contributed by atoms with van der Waals surface area (Å²) in [6, 6.07) is 65.6. The van der Waals surface area contributed by atoms with Gasteiger partial charge in [0.1, 0.15) is 11.5 Å². The predicted molar refractivity (Wildman–Crippen MR) is 343 cm³/mol. The van der Waals surface area contributed by atoms with Gasteiger partial charge < -0.3 is 38.6 Å². The lowest BCUT2D eigenvalue weighted by Crippen LogP contribution is -2.59. The van der Waals surface area contributed by atoms with Gasteiger partial charge in [0, 0.05) is 12.2 Å². The maximum atomic E-state index is 15.5. The van der Waals surface area contributed by atoms with Crippen molar-refractivity contribution in [3.63, 3.8) is 0 Å². The van der Waals surface area contributed by atoms with Crippen LogP contribution in [0.4, 0.5) is 0 Å². The Balaban J connectivity index is 1.09. The predicted octanol–water partition coefficient (Wildman–Crippen LogP) is 15.3. The zero-order valence-electron chi connectivity index (χ0n) is 49.0. The van der Waals surface area contributed by atoms with Crippen molar-refractivity contribution < 1.29 is 57.8 Å². The van der Waals surface area contributed by atoms with Gasteiger partial charge in [-0.1, -0.05) is 159 Å². The van der Waals surface area contributed by atoms with Crippen molar-refractivity contribution in [2.24, 2.45) is 0 Å². The quantitative estimate of drug-likeness (QED) is 0.0198. The van der Waals surface area contributed by atoms with Gasteiger partial charge in [0.05, 0.1) is 37.6 Å². The zero-order valence-corrected chi connectivity index (χ0v) is 49.0. The summed E-state index contributed by atoms with van der Waals surface area (Å²) in [4.78, 5) is 53.9. The van der Waals surface area contributed by atoms with Crippen LogP contribution in [0.25, 0.3) is 43.1 Å². The molecule has 2 N–H and O–H groups in total. The average molecular weight is 1180 g/mol. The van der Waals surface area contributed by atoms with E-state index in [0.29, 0.717) is 50.8 Å². The van der Waals surface area contributed by atoms with Gasteiger partial charge in [-0.15, -0.1) is 0 Å².